The molecule has 0 spiro atoms. The number of phenolic OH excluding ortho intramolecular Hbond substituents is 1. The molecule has 2 aromatic rings. The van der Waals surface area contributed by atoms with Crippen molar-refractivity contribution < 1.29 is 34.5 Å². The first-order valence-corrected chi connectivity index (χ1v) is 10.5. The Kier molecular flexibility index (Phi) is 9.99. The molecular formula is C23H28N4O7. The third-order valence-electron chi connectivity index (χ3n) is 4.88. The van der Waals surface area contributed by atoms with Gasteiger partial charge in [-0.1, -0.05) is 42.5 Å². The van der Waals surface area contributed by atoms with E-state index < -0.39 is 55.0 Å². The molecule has 8 N–H and O–H groups in total. The molecule has 0 saturated heterocycles. The quantitative estimate of drug-likeness (QED) is 0.197. The lowest BCUT2D eigenvalue weighted by atomic mass is 10.0. The predicted octanol–water partition coefficient (Wildman–Crippen LogP) is -1.33. The minimum Gasteiger partial charge on any atom is -0.508 e. The summed E-state index contributed by atoms with van der Waals surface area (Å²) in [5.41, 5.74) is 6.68. The molecule has 3 atom stereocenters. The second-order valence-corrected chi connectivity index (χ2v) is 7.59. The number of rotatable bonds is 12. The first-order chi connectivity index (χ1) is 16.2. The number of hydrogen-bond acceptors (Lipinski definition) is 7. The van der Waals surface area contributed by atoms with Gasteiger partial charge in [0.2, 0.25) is 17.7 Å². The average Bonchev–Trinajstić information content (AvgIpc) is 2.83. The molecule has 0 aliphatic rings. The van der Waals surface area contributed by atoms with Gasteiger partial charge in [-0.25, -0.2) is 4.79 Å². The molecule has 0 bridgehead atoms. The van der Waals surface area contributed by atoms with Gasteiger partial charge < -0.3 is 37.0 Å². The summed E-state index contributed by atoms with van der Waals surface area (Å²) >= 11 is 0. The van der Waals surface area contributed by atoms with Gasteiger partial charge in [0, 0.05) is 12.8 Å². The van der Waals surface area contributed by atoms with Crippen LogP contribution in [0.3, 0.4) is 0 Å². The number of carbonyl (C=O) groups is 4. The highest BCUT2D eigenvalue weighted by atomic mass is 16.4. The SMILES string of the molecule is NC(CO)C(=O)NCC(=O)NC(Cc1ccc(O)cc1)C(=O)NC(Cc1ccccc1)C(=O)O. The molecule has 0 heterocycles. The second kappa shape index (κ2) is 12.9. The third kappa shape index (κ3) is 8.52. The topological polar surface area (TPSA) is 191 Å². The maximum atomic E-state index is 13.0. The number of aliphatic hydroxyl groups excluding tert-OH is 1. The van der Waals surface area contributed by atoms with Crippen molar-refractivity contribution in [2.24, 2.45) is 5.73 Å². The molecule has 0 fully saturated rings. The summed E-state index contributed by atoms with van der Waals surface area (Å²) in [5.74, 6) is -3.41. The Bertz CT molecular complexity index is 983. The zero-order valence-electron chi connectivity index (χ0n) is 18.3. The molecule has 0 saturated carbocycles. The normalized spacial score (nSPS) is 13.2. The number of phenols is 1. The lowest BCUT2D eigenvalue weighted by Gasteiger charge is -2.22. The number of benzene rings is 2. The van der Waals surface area contributed by atoms with Crippen LogP contribution in [-0.2, 0) is 32.0 Å². The van der Waals surface area contributed by atoms with Crippen LogP contribution in [0.2, 0.25) is 0 Å². The summed E-state index contributed by atoms with van der Waals surface area (Å²) in [4.78, 5) is 48.7. The highest BCUT2D eigenvalue weighted by Gasteiger charge is 2.27. The molecule has 0 aliphatic carbocycles. The molecule has 0 aromatic heterocycles. The fourth-order valence-corrected chi connectivity index (χ4v) is 3.03. The van der Waals surface area contributed by atoms with Crippen molar-refractivity contribution in [2.75, 3.05) is 13.2 Å². The number of aromatic hydroxyl groups is 1. The van der Waals surface area contributed by atoms with Crippen LogP contribution in [-0.4, -0.2) is 70.3 Å². The number of nitrogens with one attached hydrogen (secondary N) is 3. The van der Waals surface area contributed by atoms with Crippen LogP contribution in [0.5, 0.6) is 5.75 Å². The number of aliphatic carboxylic acids is 1. The summed E-state index contributed by atoms with van der Waals surface area (Å²) in [5, 5.41) is 35.1. The van der Waals surface area contributed by atoms with Crippen LogP contribution in [0.25, 0.3) is 0 Å². The molecule has 3 unspecified atom stereocenters. The van der Waals surface area contributed by atoms with Gasteiger partial charge >= 0.3 is 5.97 Å². The molecule has 34 heavy (non-hydrogen) atoms. The van der Waals surface area contributed by atoms with E-state index in [1.165, 1.54) is 12.1 Å². The van der Waals surface area contributed by atoms with E-state index in [-0.39, 0.29) is 18.6 Å². The van der Waals surface area contributed by atoms with Crippen LogP contribution >= 0.6 is 0 Å². The van der Waals surface area contributed by atoms with Gasteiger partial charge in [0.15, 0.2) is 0 Å². The number of carbonyl (C=O) groups excluding carboxylic acids is 3. The first kappa shape index (κ1) is 26.3. The Morgan fingerprint density at radius 1 is 0.824 bits per heavy atom. The fourth-order valence-electron chi connectivity index (χ4n) is 3.03. The molecule has 182 valence electrons. The van der Waals surface area contributed by atoms with Crippen LogP contribution in [0, 0.1) is 0 Å². The molecule has 3 amide bonds. The van der Waals surface area contributed by atoms with E-state index in [0.29, 0.717) is 11.1 Å². The highest BCUT2D eigenvalue weighted by Crippen LogP contribution is 2.12. The largest absolute Gasteiger partial charge is 0.508 e. The number of amides is 3. The molecule has 11 heteroatoms. The Morgan fingerprint density at radius 2 is 1.41 bits per heavy atom. The second-order valence-electron chi connectivity index (χ2n) is 7.59. The Hall–Kier alpha value is -3.96. The van der Waals surface area contributed by atoms with Gasteiger partial charge in [-0.05, 0) is 23.3 Å². The van der Waals surface area contributed by atoms with E-state index in [4.69, 9.17) is 10.8 Å². The average molecular weight is 472 g/mol. The van der Waals surface area contributed by atoms with Crippen LogP contribution in [0.4, 0.5) is 0 Å². The van der Waals surface area contributed by atoms with Crippen LogP contribution in [0.1, 0.15) is 11.1 Å². The van der Waals surface area contributed by atoms with Crippen molar-refractivity contribution in [3.63, 3.8) is 0 Å². The molecule has 2 rings (SSSR count). The summed E-state index contributed by atoms with van der Waals surface area (Å²) in [6, 6.07) is 11.1. The van der Waals surface area contributed by atoms with Gasteiger partial charge in [-0.15, -0.1) is 0 Å². The van der Waals surface area contributed by atoms with Gasteiger partial charge in [-0.2, -0.15) is 0 Å². The number of aliphatic hydroxyl groups is 1. The van der Waals surface area contributed by atoms with E-state index in [0.717, 1.165) is 0 Å². The van der Waals surface area contributed by atoms with E-state index >= 15 is 0 Å². The third-order valence-corrected chi connectivity index (χ3v) is 4.88. The Balaban J connectivity index is 2.12. The van der Waals surface area contributed by atoms with E-state index in [1.54, 1.807) is 42.5 Å². The van der Waals surface area contributed by atoms with Crippen LogP contribution in [0.15, 0.2) is 54.6 Å². The Labute approximate surface area is 196 Å². The van der Waals surface area contributed by atoms with E-state index in [1.807, 2.05) is 0 Å². The fraction of sp³-hybridized carbons (Fsp3) is 0.304. The lowest BCUT2D eigenvalue weighted by molar-refractivity contribution is -0.142. The number of carboxylic acids is 1. The zero-order valence-corrected chi connectivity index (χ0v) is 18.3. The summed E-state index contributed by atoms with van der Waals surface area (Å²) in [7, 11) is 0. The summed E-state index contributed by atoms with van der Waals surface area (Å²) in [6.07, 6.45) is 0.0382. The van der Waals surface area contributed by atoms with Crippen molar-refractivity contribution in [1.29, 1.82) is 0 Å². The maximum absolute atomic E-state index is 13.0. The predicted molar refractivity (Wildman–Crippen MR) is 122 cm³/mol. The van der Waals surface area contributed by atoms with Crippen molar-refractivity contribution in [3.05, 3.63) is 65.7 Å². The van der Waals surface area contributed by atoms with Crippen molar-refractivity contribution in [1.82, 2.24) is 16.0 Å². The molecule has 0 aliphatic heterocycles. The molecule has 2 aromatic carbocycles. The van der Waals surface area contributed by atoms with Gasteiger partial charge in [0.05, 0.1) is 13.2 Å². The summed E-state index contributed by atoms with van der Waals surface area (Å²) in [6.45, 7) is -1.10. The number of nitrogens with two attached hydrogens (primary N) is 1. The minimum absolute atomic E-state index is 0.000367. The van der Waals surface area contributed by atoms with E-state index in [9.17, 15) is 29.4 Å². The monoisotopic (exact) mass is 472 g/mol. The number of carboxylic acid groups (broad SMARTS) is 1. The minimum atomic E-state index is -1.24. The van der Waals surface area contributed by atoms with Crippen LogP contribution < -0.4 is 21.7 Å². The highest BCUT2D eigenvalue weighted by molar-refractivity contribution is 5.92. The molecule has 11 nitrogen and oxygen atoms in total. The van der Waals surface area contributed by atoms with Gasteiger partial charge in [-0.3, -0.25) is 14.4 Å². The lowest BCUT2D eigenvalue weighted by Crippen LogP contribution is -2.55. The molecular weight excluding hydrogens is 444 g/mol. The van der Waals surface area contributed by atoms with Crippen molar-refractivity contribution in [2.45, 2.75) is 31.0 Å². The molecule has 0 radical (unpaired) electrons. The smallest absolute Gasteiger partial charge is 0.326 e. The Morgan fingerprint density at radius 3 is 2.00 bits per heavy atom. The van der Waals surface area contributed by atoms with Crippen molar-refractivity contribution in [3.8, 4) is 5.75 Å². The van der Waals surface area contributed by atoms with Crippen molar-refractivity contribution >= 4 is 23.7 Å². The van der Waals surface area contributed by atoms with Gasteiger partial charge in [0.1, 0.15) is 23.9 Å². The first-order valence-electron chi connectivity index (χ1n) is 10.5. The standard InChI is InChI=1S/C23H28N4O7/c24-17(13-28)21(31)25-12-20(30)26-18(10-15-6-8-16(29)9-7-15)22(32)27-19(23(33)34)11-14-4-2-1-3-5-14/h1-9,17-19,28-29H,10-13,24H2,(H,25,31)(H,26,30)(H,27,32)(H,33,34). The van der Waals surface area contributed by atoms with Gasteiger partial charge in [0.25, 0.3) is 0 Å². The zero-order chi connectivity index (χ0) is 25.1. The maximum Gasteiger partial charge on any atom is 0.326 e. The van der Waals surface area contributed by atoms with E-state index in [2.05, 4.69) is 16.0 Å². The number of hydrogen-bond donors (Lipinski definition) is 7. The summed E-state index contributed by atoms with van der Waals surface area (Å²) < 4.78 is 0.